The molecule has 0 fully saturated rings. The molecule has 0 aliphatic carbocycles. The summed E-state index contributed by atoms with van der Waals surface area (Å²) in [5, 5.41) is 9.47. The third-order valence-electron chi connectivity index (χ3n) is 3.46. The standard InChI is InChI=1S/C16H12IN3O/c17-13-4-2-1-3-10(13)15-11-6-5-9(19)7-14(11)21-16(20)12(15)8-18/h1-7,15H,19-20H2. The van der Waals surface area contributed by atoms with Gasteiger partial charge in [-0.3, -0.25) is 0 Å². The highest BCUT2D eigenvalue weighted by atomic mass is 127. The summed E-state index contributed by atoms with van der Waals surface area (Å²) in [6, 6.07) is 15.5. The quantitative estimate of drug-likeness (QED) is 0.580. The maximum Gasteiger partial charge on any atom is 0.205 e. The van der Waals surface area contributed by atoms with Crippen LogP contribution >= 0.6 is 22.6 Å². The number of halogens is 1. The van der Waals surface area contributed by atoms with Crippen LogP contribution in [0.1, 0.15) is 17.0 Å². The predicted molar refractivity (Wildman–Crippen MR) is 89.3 cm³/mol. The summed E-state index contributed by atoms with van der Waals surface area (Å²) in [5.74, 6) is 0.517. The van der Waals surface area contributed by atoms with Crippen LogP contribution < -0.4 is 16.2 Å². The Morgan fingerprint density at radius 3 is 2.57 bits per heavy atom. The molecule has 21 heavy (non-hydrogen) atoms. The van der Waals surface area contributed by atoms with Gasteiger partial charge in [0.05, 0.1) is 5.92 Å². The smallest absolute Gasteiger partial charge is 0.205 e. The van der Waals surface area contributed by atoms with Crippen LogP contribution in [0.5, 0.6) is 5.75 Å². The summed E-state index contributed by atoms with van der Waals surface area (Å²) in [5.41, 5.74) is 14.7. The Bertz CT molecular complexity index is 792. The molecule has 1 aliphatic heterocycles. The fraction of sp³-hybridized carbons (Fsp3) is 0.0625. The molecule has 4 nitrogen and oxygen atoms in total. The number of fused-ring (bicyclic) bond motifs is 1. The van der Waals surface area contributed by atoms with E-state index in [1.54, 1.807) is 6.07 Å². The van der Waals surface area contributed by atoms with Crippen molar-refractivity contribution in [1.29, 1.82) is 5.26 Å². The Morgan fingerprint density at radius 2 is 1.86 bits per heavy atom. The van der Waals surface area contributed by atoms with Crippen molar-refractivity contribution in [3.63, 3.8) is 0 Å². The van der Waals surface area contributed by atoms with Gasteiger partial charge in [0, 0.05) is 20.9 Å². The molecule has 3 rings (SSSR count). The zero-order valence-electron chi connectivity index (χ0n) is 11.0. The summed E-state index contributed by atoms with van der Waals surface area (Å²) >= 11 is 2.26. The molecule has 0 radical (unpaired) electrons. The lowest BCUT2D eigenvalue weighted by Gasteiger charge is -2.27. The van der Waals surface area contributed by atoms with Crippen LogP contribution in [-0.2, 0) is 0 Å². The van der Waals surface area contributed by atoms with E-state index >= 15 is 0 Å². The Labute approximate surface area is 136 Å². The molecule has 4 N–H and O–H groups in total. The van der Waals surface area contributed by atoms with Crippen LogP contribution in [0.3, 0.4) is 0 Å². The van der Waals surface area contributed by atoms with E-state index in [1.165, 1.54) is 0 Å². The molecule has 0 spiro atoms. The summed E-state index contributed by atoms with van der Waals surface area (Å²) in [4.78, 5) is 0. The summed E-state index contributed by atoms with van der Waals surface area (Å²) in [7, 11) is 0. The molecule has 0 amide bonds. The molecule has 1 heterocycles. The summed E-state index contributed by atoms with van der Waals surface area (Å²) < 4.78 is 6.63. The lowest BCUT2D eigenvalue weighted by atomic mass is 9.83. The molecular weight excluding hydrogens is 377 g/mol. The van der Waals surface area contributed by atoms with E-state index in [-0.39, 0.29) is 11.8 Å². The lowest BCUT2D eigenvalue weighted by molar-refractivity contribution is 0.394. The topological polar surface area (TPSA) is 85.1 Å². The van der Waals surface area contributed by atoms with E-state index in [9.17, 15) is 5.26 Å². The average Bonchev–Trinajstić information content (AvgIpc) is 2.46. The van der Waals surface area contributed by atoms with E-state index < -0.39 is 0 Å². The number of nitrogens with zero attached hydrogens (tertiary/aromatic N) is 1. The SMILES string of the molecule is N#CC1=C(N)Oc2cc(N)ccc2C1c1ccccc1I. The van der Waals surface area contributed by atoms with Gasteiger partial charge < -0.3 is 16.2 Å². The third kappa shape index (κ3) is 2.32. The van der Waals surface area contributed by atoms with Crippen LogP contribution in [-0.4, -0.2) is 0 Å². The van der Waals surface area contributed by atoms with Crippen LogP contribution in [0, 0.1) is 14.9 Å². The van der Waals surface area contributed by atoms with Crippen molar-refractivity contribution >= 4 is 28.3 Å². The molecule has 1 aliphatic rings. The lowest BCUT2D eigenvalue weighted by Crippen LogP contribution is -2.21. The van der Waals surface area contributed by atoms with Crippen molar-refractivity contribution in [2.75, 3.05) is 5.73 Å². The molecule has 5 heteroatoms. The highest BCUT2D eigenvalue weighted by Crippen LogP contribution is 2.43. The number of ether oxygens (including phenoxy) is 1. The minimum atomic E-state index is -0.229. The zero-order chi connectivity index (χ0) is 15.0. The number of hydrogen-bond donors (Lipinski definition) is 2. The van der Waals surface area contributed by atoms with Crippen LogP contribution in [0.2, 0.25) is 0 Å². The monoisotopic (exact) mass is 389 g/mol. The van der Waals surface area contributed by atoms with Crippen molar-refractivity contribution in [3.05, 3.63) is 68.6 Å². The van der Waals surface area contributed by atoms with Crippen LogP contribution in [0.25, 0.3) is 0 Å². The number of anilines is 1. The Kier molecular flexibility index (Phi) is 3.47. The first-order valence-corrected chi connectivity index (χ1v) is 7.41. The van der Waals surface area contributed by atoms with Gasteiger partial charge in [-0.2, -0.15) is 5.26 Å². The number of hydrogen-bond acceptors (Lipinski definition) is 4. The van der Waals surface area contributed by atoms with Crippen molar-refractivity contribution in [1.82, 2.24) is 0 Å². The molecule has 1 atom stereocenters. The van der Waals surface area contributed by atoms with E-state index in [2.05, 4.69) is 28.7 Å². The number of nitrogen functional groups attached to an aromatic ring is 1. The first kappa shape index (κ1) is 13.8. The number of nitrogens with two attached hydrogens (primary N) is 2. The van der Waals surface area contributed by atoms with Gasteiger partial charge in [0.1, 0.15) is 17.4 Å². The van der Waals surface area contributed by atoms with Crippen molar-refractivity contribution < 1.29 is 4.74 Å². The van der Waals surface area contributed by atoms with Crippen molar-refractivity contribution in [3.8, 4) is 11.8 Å². The average molecular weight is 389 g/mol. The van der Waals surface area contributed by atoms with Crippen LogP contribution in [0.4, 0.5) is 5.69 Å². The number of rotatable bonds is 1. The highest BCUT2D eigenvalue weighted by Gasteiger charge is 2.31. The largest absolute Gasteiger partial charge is 0.440 e. The third-order valence-corrected chi connectivity index (χ3v) is 4.44. The first-order chi connectivity index (χ1) is 10.1. The van der Waals surface area contributed by atoms with Gasteiger partial charge in [-0.15, -0.1) is 0 Å². The van der Waals surface area contributed by atoms with Gasteiger partial charge in [0.15, 0.2) is 0 Å². The molecule has 2 aromatic carbocycles. The van der Waals surface area contributed by atoms with E-state index in [4.69, 9.17) is 16.2 Å². The number of nitriles is 1. The van der Waals surface area contributed by atoms with Gasteiger partial charge in [0.2, 0.25) is 5.88 Å². The Morgan fingerprint density at radius 1 is 1.10 bits per heavy atom. The molecule has 0 saturated heterocycles. The zero-order valence-corrected chi connectivity index (χ0v) is 13.2. The molecule has 104 valence electrons. The molecule has 0 aromatic heterocycles. The fourth-order valence-electron chi connectivity index (χ4n) is 2.50. The van der Waals surface area contributed by atoms with Gasteiger partial charge in [-0.1, -0.05) is 24.3 Å². The van der Waals surface area contributed by atoms with E-state index in [0.717, 1.165) is 14.7 Å². The minimum Gasteiger partial charge on any atom is -0.440 e. The van der Waals surface area contributed by atoms with Crippen molar-refractivity contribution in [2.24, 2.45) is 5.73 Å². The molecular formula is C16H12IN3O. The maximum absolute atomic E-state index is 9.47. The first-order valence-electron chi connectivity index (χ1n) is 6.33. The second-order valence-corrected chi connectivity index (χ2v) is 5.91. The predicted octanol–water partition coefficient (Wildman–Crippen LogP) is 3.09. The Hall–Kier alpha value is -2.20. The molecule has 0 bridgehead atoms. The van der Waals surface area contributed by atoms with E-state index in [0.29, 0.717) is 17.0 Å². The van der Waals surface area contributed by atoms with Gasteiger partial charge >= 0.3 is 0 Å². The second kappa shape index (κ2) is 5.30. The fourth-order valence-corrected chi connectivity index (χ4v) is 3.20. The van der Waals surface area contributed by atoms with Gasteiger partial charge in [-0.05, 0) is 40.3 Å². The second-order valence-electron chi connectivity index (χ2n) is 4.74. The minimum absolute atomic E-state index is 0.139. The van der Waals surface area contributed by atoms with Crippen LogP contribution in [0.15, 0.2) is 53.9 Å². The summed E-state index contributed by atoms with van der Waals surface area (Å²) in [6.45, 7) is 0. The number of allylic oxidation sites excluding steroid dienone is 1. The maximum atomic E-state index is 9.47. The highest BCUT2D eigenvalue weighted by molar-refractivity contribution is 14.1. The van der Waals surface area contributed by atoms with E-state index in [1.807, 2.05) is 36.4 Å². The number of benzene rings is 2. The van der Waals surface area contributed by atoms with Gasteiger partial charge in [-0.25, -0.2) is 0 Å². The molecule has 2 aromatic rings. The summed E-state index contributed by atoms with van der Waals surface area (Å²) in [6.07, 6.45) is 0. The molecule has 1 unspecified atom stereocenters. The van der Waals surface area contributed by atoms with Crippen molar-refractivity contribution in [2.45, 2.75) is 5.92 Å². The molecule has 0 saturated carbocycles. The normalized spacial score (nSPS) is 16.9. The Balaban J connectivity index is 2.27. The van der Waals surface area contributed by atoms with Gasteiger partial charge in [0.25, 0.3) is 0 Å².